The molecule has 2 aromatic rings. The van der Waals surface area contributed by atoms with Crippen LogP contribution in [0.1, 0.15) is 11.8 Å². The smallest absolute Gasteiger partial charge is 0.250 e. The Balaban J connectivity index is 1.86. The highest BCUT2D eigenvalue weighted by atomic mass is 32.2. The van der Waals surface area contributed by atoms with Crippen molar-refractivity contribution in [3.05, 3.63) is 29.3 Å². The first-order valence-electron chi connectivity index (χ1n) is 7.24. The summed E-state index contributed by atoms with van der Waals surface area (Å²) in [6, 6.07) is 5.35. The van der Waals surface area contributed by atoms with Crippen molar-refractivity contribution >= 4 is 32.9 Å². The van der Waals surface area contributed by atoms with Gasteiger partial charge in [-0.3, -0.25) is 0 Å². The van der Waals surface area contributed by atoms with E-state index in [0.717, 1.165) is 17.0 Å². The predicted molar refractivity (Wildman–Crippen MR) is 93.7 cm³/mol. The molecular weight excluding hydrogens is 334 g/mol. The monoisotopic (exact) mass is 355 g/mol. The highest BCUT2D eigenvalue weighted by Crippen LogP contribution is 2.21. The van der Waals surface area contributed by atoms with Gasteiger partial charge < -0.3 is 10.2 Å². The average Bonchev–Trinajstić information content (AvgIpc) is 3.02. The van der Waals surface area contributed by atoms with Crippen LogP contribution in [0.4, 0.5) is 11.5 Å². The molecule has 0 atom stereocenters. The lowest BCUT2D eigenvalue weighted by atomic mass is 10.4. The van der Waals surface area contributed by atoms with E-state index in [2.05, 4.69) is 20.2 Å². The standard InChI is InChI=1S/C14H21N5O2S2/c1-4-12-5-6-14(22-12)23(20,21)17-8-7-15-13-9-11(19(2)3)10-16-18-13/h5-6,9-10,17H,4,7-8H2,1-3H3,(H,15,18). The number of sulfonamides is 1. The maximum Gasteiger partial charge on any atom is 0.250 e. The van der Waals surface area contributed by atoms with Gasteiger partial charge in [0.2, 0.25) is 10.0 Å². The van der Waals surface area contributed by atoms with Gasteiger partial charge in [-0.1, -0.05) is 6.92 Å². The average molecular weight is 355 g/mol. The molecular formula is C14H21N5O2S2. The summed E-state index contributed by atoms with van der Waals surface area (Å²) < 4.78 is 27.2. The van der Waals surface area contributed by atoms with Gasteiger partial charge in [-0.05, 0) is 18.6 Å². The van der Waals surface area contributed by atoms with Crippen molar-refractivity contribution in [1.29, 1.82) is 0 Å². The number of hydrogen-bond donors (Lipinski definition) is 2. The van der Waals surface area contributed by atoms with Crippen molar-refractivity contribution in [3.63, 3.8) is 0 Å². The summed E-state index contributed by atoms with van der Waals surface area (Å²) >= 11 is 1.30. The topological polar surface area (TPSA) is 87.2 Å². The van der Waals surface area contributed by atoms with Gasteiger partial charge in [-0.15, -0.1) is 16.4 Å². The van der Waals surface area contributed by atoms with Crippen LogP contribution in [-0.2, 0) is 16.4 Å². The van der Waals surface area contributed by atoms with Gasteiger partial charge in [-0.2, -0.15) is 5.10 Å². The predicted octanol–water partition coefficient (Wildman–Crippen LogP) is 1.56. The van der Waals surface area contributed by atoms with Crippen LogP contribution in [0, 0.1) is 0 Å². The largest absolute Gasteiger partial charge is 0.376 e. The van der Waals surface area contributed by atoms with Crippen molar-refractivity contribution in [2.24, 2.45) is 0 Å². The summed E-state index contributed by atoms with van der Waals surface area (Å²) in [4.78, 5) is 2.98. The van der Waals surface area contributed by atoms with Crippen LogP contribution in [0.3, 0.4) is 0 Å². The lowest BCUT2D eigenvalue weighted by Gasteiger charge is -2.12. The van der Waals surface area contributed by atoms with Crippen LogP contribution in [0.2, 0.25) is 0 Å². The Labute approximate surface area is 140 Å². The number of thiophene rings is 1. The molecule has 0 aliphatic heterocycles. The molecule has 2 aromatic heterocycles. The van der Waals surface area contributed by atoms with E-state index < -0.39 is 10.0 Å². The second kappa shape index (κ2) is 7.71. The zero-order chi connectivity index (χ0) is 16.9. The lowest BCUT2D eigenvalue weighted by Crippen LogP contribution is -2.28. The van der Waals surface area contributed by atoms with Crippen molar-refractivity contribution in [1.82, 2.24) is 14.9 Å². The number of rotatable bonds is 8. The second-order valence-electron chi connectivity index (χ2n) is 5.09. The Hall–Kier alpha value is -1.71. The van der Waals surface area contributed by atoms with Crippen LogP contribution in [0.25, 0.3) is 0 Å². The molecule has 0 radical (unpaired) electrons. The van der Waals surface area contributed by atoms with Gasteiger partial charge in [0.15, 0.2) is 5.82 Å². The Morgan fingerprint density at radius 2 is 2.04 bits per heavy atom. The minimum Gasteiger partial charge on any atom is -0.376 e. The van der Waals surface area contributed by atoms with Crippen molar-refractivity contribution in [3.8, 4) is 0 Å². The third-order valence-corrected chi connectivity index (χ3v) is 6.31. The van der Waals surface area contributed by atoms with E-state index in [-0.39, 0.29) is 6.54 Å². The minimum absolute atomic E-state index is 0.273. The van der Waals surface area contributed by atoms with Crippen LogP contribution >= 0.6 is 11.3 Å². The molecule has 2 heterocycles. The Morgan fingerprint density at radius 1 is 1.26 bits per heavy atom. The molecule has 0 aromatic carbocycles. The molecule has 0 amide bonds. The molecule has 0 aliphatic carbocycles. The first kappa shape index (κ1) is 17.6. The Morgan fingerprint density at radius 3 is 2.70 bits per heavy atom. The van der Waals surface area contributed by atoms with E-state index in [1.54, 1.807) is 12.3 Å². The molecule has 0 aliphatic rings. The quantitative estimate of drug-likeness (QED) is 0.699. The van der Waals surface area contributed by atoms with Gasteiger partial charge in [0.25, 0.3) is 0 Å². The zero-order valence-corrected chi connectivity index (χ0v) is 15.0. The summed E-state index contributed by atoms with van der Waals surface area (Å²) in [7, 11) is 0.393. The maximum absolute atomic E-state index is 12.2. The number of aromatic nitrogens is 2. The fourth-order valence-electron chi connectivity index (χ4n) is 1.83. The second-order valence-corrected chi connectivity index (χ2v) is 8.25. The summed E-state index contributed by atoms with van der Waals surface area (Å²) in [5.74, 6) is 0.611. The molecule has 7 nitrogen and oxygen atoms in total. The fourth-order valence-corrected chi connectivity index (χ4v) is 4.20. The highest BCUT2D eigenvalue weighted by Gasteiger charge is 2.15. The Kier molecular flexibility index (Phi) is 5.91. The number of aryl methyl sites for hydroxylation is 1. The fraction of sp³-hybridized carbons (Fsp3) is 0.429. The summed E-state index contributed by atoms with van der Waals surface area (Å²) in [6.45, 7) is 2.70. The molecule has 0 saturated carbocycles. The van der Waals surface area contributed by atoms with E-state index in [1.807, 2.05) is 38.1 Å². The first-order valence-corrected chi connectivity index (χ1v) is 9.54. The molecule has 2 N–H and O–H groups in total. The molecule has 0 fully saturated rings. The van der Waals surface area contributed by atoms with Crippen molar-refractivity contribution in [2.75, 3.05) is 37.4 Å². The SMILES string of the molecule is CCc1ccc(S(=O)(=O)NCCNc2cc(N(C)C)cnn2)s1. The van der Waals surface area contributed by atoms with Gasteiger partial charge in [0, 0.05) is 38.1 Å². The number of nitrogens with one attached hydrogen (secondary N) is 2. The molecule has 0 saturated heterocycles. The molecule has 0 spiro atoms. The number of nitrogens with zero attached hydrogens (tertiary/aromatic N) is 3. The van der Waals surface area contributed by atoms with Crippen molar-refractivity contribution < 1.29 is 8.42 Å². The molecule has 0 bridgehead atoms. The number of hydrogen-bond acceptors (Lipinski definition) is 7. The van der Waals surface area contributed by atoms with Gasteiger partial charge in [0.05, 0.1) is 11.9 Å². The molecule has 9 heteroatoms. The molecule has 23 heavy (non-hydrogen) atoms. The van der Waals surface area contributed by atoms with E-state index in [0.29, 0.717) is 16.6 Å². The summed E-state index contributed by atoms with van der Waals surface area (Å²) in [5.41, 5.74) is 0.925. The van der Waals surface area contributed by atoms with Crippen LogP contribution < -0.4 is 14.9 Å². The third-order valence-electron chi connectivity index (χ3n) is 3.13. The normalized spacial score (nSPS) is 11.4. The highest BCUT2D eigenvalue weighted by molar-refractivity contribution is 7.91. The number of anilines is 2. The molecule has 2 rings (SSSR count). The van der Waals surface area contributed by atoms with Crippen molar-refractivity contribution in [2.45, 2.75) is 17.6 Å². The van der Waals surface area contributed by atoms with E-state index in [9.17, 15) is 8.42 Å². The van der Waals surface area contributed by atoms with E-state index in [4.69, 9.17) is 0 Å². The van der Waals surface area contributed by atoms with Gasteiger partial charge in [-0.25, -0.2) is 13.1 Å². The maximum atomic E-state index is 12.2. The van der Waals surface area contributed by atoms with Gasteiger partial charge in [0.1, 0.15) is 4.21 Å². The minimum atomic E-state index is -3.44. The third kappa shape index (κ3) is 4.88. The first-order chi connectivity index (χ1) is 10.9. The molecule has 0 unspecified atom stereocenters. The zero-order valence-electron chi connectivity index (χ0n) is 13.4. The van der Waals surface area contributed by atoms with Gasteiger partial charge >= 0.3 is 0 Å². The Bertz CT molecular complexity index is 743. The molecule has 126 valence electrons. The van der Waals surface area contributed by atoms with Crippen LogP contribution in [-0.4, -0.2) is 45.8 Å². The lowest BCUT2D eigenvalue weighted by molar-refractivity contribution is 0.585. The summed E-state index contributed by atoms with van der Waals surface area (Å²) in [5, 5.41) is 10.9. The van der Waals surface area contributed by atoms with Crippen LogP contribution in [0.15, 0.2) is 28.6 Å². The van der Waals surface area contributed by atoms with E-state index >= 15 is 0 Å². The summed E-state index contributed by atoms with van der Waals surface area (Å²) in [6.07, 6.45) is 2.50. The van der Waals surface area contributed by atoms with E-state index in [1.165, 1.54) is 11.3 Å². The van der Waals surface area contributed by atoms with Crippen LogP contribution in [0.5, 0.6) is 0 Å².